The van der Waals surface area contributed by atoms with E-state index in [0.29, 0.717) is 12.2 Å². The van der Waals surface area contributed by atoms with Crippen molar-refractivity contribution in [1.82, 2.24) is 0 Å². The summed E-state index contributed by atoms with van der Waals surface area (Å²) in [6.07, 6.45) is 1.85. The Morgan fingerprint density at radius 1 is 1.80 bits per heavy atom. The number of carboxylic acids is 1. The SMILES string of the molecule is C[S@](=O)CC[C@H]([NH3+])C(=O)[O-]. The van der Waals surface area contributed by atoms with E-state index >= 15 is 0 Å². The summed E-state index contributed by atoms with van der Waals surface area (Å²) in [7, 11) is -0.934. The maximum atomic E-state index is 10.4. The maximum Gasteiger partial charge on any atom is 0.125 e. The summed E-state index contributed by atoms with van der Waals surface area (Å²) >= 11 is 0. The number of carboxylic acid groups (broad SMARTS) is 1. The lowest BCUT2D eigenvalue weighted by Gasteiger charge is -2.06. The molecule has 0 saturated heterocycles. The molecular formula is C5H11NO3S. The summed E-state index contributed by atoms with van der Waals surface area (Å²) in [4.78, 5) is 10.0. The summed E-state index contributed by atoms with van der Waals surface area (Å²) in [5.74, 6) is -0.798. The van der Waals surface area contributed by atoms with Crippen LogP contribution in [0, 0.1) is 0 Å². The first-order valence-corrected chi connectivity index (χ1v) is 4.60. The molecule has 2 atom stereocenters. The molecule has 10 heavy (non-hydrogen) atoms. The largest absolute Gasteiger partial charge is 0.544 e. The van der Waals surface area contributed by atoms with Crippen LogP contribution in [0.15, 0.2) is 0 Å². The zero-order chi connectivity index (χ0) is 8.15. The molecule has 0 amide bonds. The van der Waals surface area contributed by atoms with Gasteiger partial charge in [0.05, 0.1) is 5.97 Å². The van der Waals surface area contributed by atoms with Gasteiger partial charge in [-0.2, -0.15) is 0 Å². The van der Waals surface area contributed by atoms with Gasteiger partial charge in [-0.25, -0.2) is 0 Å². The van der Waals surface area contributed by atoms with Gasteiger partial charge >= 0.3 is 0 Å². The van der Waals surface area contributed by atoms with Crippen molar-refractivity contribution in [2.75, 3.05) is 12.0 Å². The highest BCUT2D eigenvalue weighted by molar-refractivity contribution is 7.84. The first kappa shape index (κ1) is 9.58. The molecule has 4 nitrogen and oxygen atoms in total. The lowest BCUT2D eigenvalue weighted by atomic mass is 10.2. The molecule has 0 radical (unpaired) electrons. The van der Waals surface area contributed by atoms with E-state index in [1.165, 1.54) is 6.26 Å². The molecule has 0 aromatic heterocycles. The van der Waals surface area contributed by atoms with E-state index in [0.717, 1.165) is 0 Å². The van der Waals surface area contributed by atoms with Crippen molar-refractivity contribution in [2.24, 2.45) is 0 Å². The number of carbonyl (C=O) groups is 1. The number of quaternary nitrogens is 1. The van der Waals surface area contributed by atoms with Crippen LogP contribution in [0.4, 0.5) is 0 Å². The summed E-state index contributed by atoms with van der Waals surface area (Å²) < 4.78 is 10.4. The zero-order valence-electron chi connectivity index (χ0n) is 5.83. The number of rotatable bonds is 4. The second-order valence-corrected chi connectivity index (χ2v) is 3.64. The van der Waals surface area contributed by atoms with Crippen molar-refractivity contribution in [1.29, 1.82) is 0 Å². The third-order valence-corrected chi connectivity index (χ3v) is 1.90. The molecule has 5 heteroatoms. The Balaban J connectivity index is 3.49. The molecule has 0 heterocycles. The monoisotopic (exact) mass is 165 g/mol. The van der Waals surface area contributed by atoms with E-state index < -0.39 is 22.8 Å². The fraction of sp³-hybridized carbons (Fsp3) is 0.800. The molecule has 0 fully saturated rings. The molecule has 0 aromatic rings. The molecule has 0 aliphatic rings. The van der Waals surface area contributed by atoms with E-state index in [9.17, 15) is 14.1 Å². The van der Waals surface area contributed by atoms with Gasteiger partial charge in [-0.1, -0.05) is 0 Å². The Kier molecular flexibility index (Phi) is 4.22. The van der Waals surface area contributed by atoms with Gasteiger partial charge in [-0.3, -0.25) is 4.21 Å². The minimum absolute atomic E-state index is 0.325. The Morgan fingerprint density at radius 3 is 2.60 bits per heavy atom. The molecular weight excluding hydrogens is 154 g/mol. The molecule has 0 rings (SSSR count). The molecule has 0 aromatic carbocycles. The highest BCUT2D eigenvalue weighted by atomic mass is 32.2. The van der Waals surface area contributed by atoms with Crippen LogP contribution in [0.5, 0.6) is 0 Å². The van der Waals surface area contributed by atoms with Crippen LogP contribution in [0.3, 0.4) is 0 Å². The van der Waals surface area contributed by atoms with Crippen molar-refractivity contribution >= 4 is 16.8 Å². The van der Waals surface area contributed by atoms with Crippen molar-refractivity contribution in [3.8, 4) is 0 Å². The average Bonchev–Trinajstić information content (AvgIpc) is 1.82. The Labute approximate surface area is 61.9 Å². The van der Waals surface area contributed by atoms with Crippen molar-refractivity contribution in [3.05, 3.63) is 0 Å². The Bertz CT molecular complexity index is 148. The van der Waals surface area contributed by atoms with E-state index in [1.54, 1.807) is 0 Å². The van der Waals surface area contributed by atoms with Gasteiger partial charge in [-0.15, -0.1) is 0 Å². The molecule has 60 valence electrons. The van der Waals surface area contributed by atoms with E-state index in [1.807, 2.05) is 0 Å². The standard InChI is InChI=1S/C5H11NO3S/c1-10(9)3-2-4(6)5(7)8/h4H,2-3,6H2,1H3,(H,7,8)/t4-,10-/m0/s1. The highest BCUT2D eigenvalue weighted by Gasteiger charge is 2.06. The van der Waals surface area contributed by atoms with Crippen LogP contribution < -0.4 is 10.8 Å². The number of hydrogen-bond donors (Lipinski definition) is 1. The first-order valence-electron chi connectivity index (χ1n) is 2.88. The van der Waals surface area contributed by atoms with Gasteiger partial charge in [0.2, 0.25) is 0 Å². The lowest BCUT2D eigenvalue weighted by Crippen LogP contribution is -2.68. The van der Waals surface area contributed by atoms with Gasteiger partial charge in [0.15, 0.2) is 0 Å². The number of hydrogen-bond acceptors (Lipinski definition) is 3. The third-order valence-electron chi connectivity index (χ3n) is 1.09. The fourth-order valence-corrected chi connectivity index (χ4v) is 1.04. The van der Waals surface area contributed by atoms with Gasteiger partial charge in [0.1, 0.15) is 6.04 Å². The van der Waals surface area contributed by atoms with Crippen LogP contribution in [-0.2, 0) is 15.6 Å². The molecule has 0 aliphatic heterocycles. The zero-order valence-corrected chi connectivity index (χ0v) is 6.65. The van der Waals surface area contributed by atoms with E-state index in [2.05, 4.69) is 5.73 Å². The van der Waals surface area contributed by atoms with Crippen molar-refractivity contribution < 1.29 is 19.8 Å². The molecule has 0 aliphatic carbocycles. The van der Waals surface area contributed by atoms with E-state index in [4.69, 9.17) is 0 Å². The lowest BCUT2D eigenvalue weighted by molar-refractivity contribution is -0.437. The molecule has 0 saturated carbocycles. The molecule has 0 bridgehead atoms. The van der Waals surface area contributed by atoms with Crippen LogP contribution in [0.1, 0.15) is 6.42 Å². The van der Waals surface area contributed by atoms with Crippen LogP contribution in [0.2, 0.25) is 0 Å². The van der Waals surface area contributed by atoms with Crippen molar-refractivity contribution in [3.63, 3.8) is 0 Å². The summed E-state index contributed by atoms with van der Waals surface area (Å²) in [5.41, 5.74) is 3.31. The van der Waals surface area contributed by atoms with E-state index in [-0.39, 0.29) is 0 Å². The molecule has 0 unspecified atom stereocenters. The normalized spacial score (nSPS) is 16.2. The number of aliphatic carboxylic acids is 1. The number of carbonyl (C=O) groups excluding carboxylic acids is 1. The van der Waals surface area contributed by atoms with Crippen LogP contribution in [0.25, 0.3) is 0 Å². The highest BCUT2D eigenvalue weighted by Crippen LogP contribution is 1.86. The smallest absolute Gasteiger partial charge is 0.125 e. The van der Waals surface area contributed by atoms with Crippen LogP contribution in [-0.4, -0.2) is 28.2 Å². The minimum atomic E-state index is -1.18. The second kappa shape index (κ2) is 4.40. The third kappa shape index (κ3) is 4.46. The van der Waals surface area contributed by atoms with Gasteiger partial charge in [-0.05, 0) is 0 Å². The first-order chi connectivity index (χ1) is 4.54. The maximum absolute atomic E-state index is 10.4. The van der Waals surface area contributed by atoms with Gasteiger partial charge in [0, 0.05) is 29.2 Å². The average molecular weight is 165 g/mol. The van der Waals surface area contributed by atoms with Gasteiger partial charge < -0.3 is 15.6 Å². The second-order valence-electron chi connectivity index (χ2n) is 2.08. The topological polar surface area (TPSA) is 84.8 Å². The van der Waals surface area contributed by atoms with Crippen LogP contribution >= 0.6 is 0 Å². The predicted octanol–water partition coefficient (Wildman–Crippen LogP) is -2.88. The van der Waals surface area contributed by atoms with Gasteiger partial charge in [0.25, 0.3) is 0 Å². The Morgan fingerprint density at radius 2 is 2.30 bits per heavy atom. The molecule has 0 spiro atoms. The molecule has 3 N–H and O–H groups in total. The summed E-state index contributed by atoms with van der Waals surface area (Å²) in [5, 5.41) is 10.0. The predicted molar refractivity (Wildman–Crippen MR) is 35.2 cm³/mol. The Hall–Kier alpha value is -0.420. The summed E-state index contributed by atoms with van der Waals surface area (Å²) in [6.45, 7) is 0. The summed E-state index contributed by atoms with van der Waals surface area (Å²) in [6, 6.07) is -0.733. The minimum Gasteiger partial charge on any atom is -0.544 e. The quantitative estimate of drug-likeness (QED) is 0.485. The van der Waals surface area contributed by atoms with Crippen molar-refractivity contribution in [2.45, 2.75) is 12.5 Å². The fourth-order valence-electron chi connectivity index (χ4n) is 0.426.